The second-order valence-electron chi connectivity index (χ2n) is 7.52. The summed E-state index contributed by atoms with van der Waals surface area (Å²) in [6.45, 7) is 1.14. The van der Waals surface area contributed by atoms with Gasteiger partial charge in [-0.2, -0.15) is 0 Å². The molecule has 2 amide bonds. The van der Waals surface area contributed by atoms with E-state index < -0.39 is 0 Å². The van der Waals surface area contributed by atoms with E-state index in [1.807, 2.05) is 41.3 Å². The fourth-order valence-electron chi connectivity index (χ4n) is 4.43. The first-order chi connectivity index (χ1) is 13.6. The Balaban J connectivity index is 1.42. The number of aromatic nitrogens is 1. The molecule has 2 aromatic carbocycles. The van der Waals surface area contributed by atoms with Crippen LogP contribution < -0.4 is 5.32 Å². The van der Waals surface area contributed by atoms with Crippen molar-refractivity contribution in [2.45, 2.75) is 18.3 Å². The Bertz CT molecular complexity index is 1100. The van der Waals surface area contributed by atoms with E-state index in [4.69, 9.17) is 0 Å². The molecule has 1 unspecified atom stereocenters. The van der Waals surface area contributed by atoms with Crippen LogP contribution in [0.15, 0.2) is 53.1 Å². The summed E-state index contributed by atoms with van der Waals surface area (Å²) in [5.74, 6) is 0.0563. The number of hydrogen-bond acceptors (Lipinski definition) is 2. The average Bonchev–Trinajstić information content (AvgIpc) is 3.13. The molecule has 28 heavy (non-hydrogen) atoms. The summed E-state index contributed by atoms with van der Waals surface area (Å²) in [7, 11) is 0. The molecule has 3 aromatic rings. The summed E-state index contributed by atoms with van der Waals surface area (Å²) in [5.41, 5.74) is 3.33. The lowest BCUT2D eigenvalue weighted by Gasteiger charge is -2.44. The smallest absolute Gasteiger partial charge is 0.256 e. The van der Waals surface area contributed by atoms with Gasteiger partial charge in [-0.15, -0.1) is 0 Å². The molecule has 0 aliphatic carbocycles. The van der Waals surface area contributed by atoms with E-state index in [0.29, 0.717) is 25.1 Å². The third-order valence-corrected chi connectivity index (χ3v) is 6.40. The molecule has 1 spiro atoms. The molecule has 1 atom stereocenters. The number of piperidine rings is 1. The molecular formula is C22H19BrN3O2. The summed E-state index contributed by atoms with van der Waals surface area (Å²) in [4.78, 5) is 30.5. The standard InChI is InChI=1S/C22H19BrN3O2/c23-14-5-6-19-17(11-14)22(12-20(27)25-19)7-9-26(10-8-22)21(28)16-13-24-18-4-2-1-3-15(16)18/h1-7,11,13,24H,8-10,12H2,(H,25,27). The van der Waals surface area contributed by atoms with Crippen LogP contribution >= 0.6 is 15.9 Å². The summed E-state index contributed by atoms with van der Waals surface area (Å²) in [5, 5.41) is 3.91. The maximum Gasteiger partial charge on any atom is 0.256 e. The molecule has 3 heterocycles. The van der Waals surface area contributed by atoms with Crippen molar-refractivity contribution in [1.82, 2.24) is 9.88 Å². The van der Waals surface area contributed by atoms with E-state index in [1.165, 1.54) is 0 Å². The fourth-order valence-corrected chi connectivity index (χ4v) is 4.80. The lowest BCUT2D eigenvalue weighted by atomic mass is 9.68. The number of nitrogens with zero attached hydrogens (tertiary/aromatic N) is 1. The molecule has 5 nitrogen and oxygen atoms in total. The molecule has 1 fully saturated rings. The third-order valence-electron chi connectivity index (χ3n) is 5.91. The molecule has 1 aromatic heterocycles. The zero-order chi connectivity index (χ0) is 19.3. The summed E-state index contributed by atoms with van der Waals surface area (Å²) >= 11 is 3.55. The van der Waals surface area contributed by atoms with Crippen LogP contribution in [0, 0.1) is 6.42 Å². The number of halogens is 1. The van der Waals surface area contributed by atoms with Crippen molar-refractivity contribution in [3.8, 4) is 0 Å². The molecule has 0 saturated carbocycles. The molecule has 2 N–H and O–H groups in total. The van der Waals surface area contributed by atoms with Gasteiger partial charge in [-0.05, 0) is 42.7 Å². The SMILES string of the molecule is O=C1CC2([CH]CN(C(=O)c3c[nH]c4ccccc34)CC2)c2cc(Br)ccc2N1. The number of anilines is 1. The van der Waals surface area contributed by atoms with Gasteiger partial charge in [0.25, 0.3) is 5.91 Å². The molecule has 2 aliphatic rings. The maximum atomic E-state index is 13.1. The molecule has 141 valence electrons. The minimum absolute atomic E-state index is 0.0262. The highest BCUT2D eigenvalue weighted by Gasteiger charge is 2.43. The summed E-state index contributed by atoms with van der Waals surface area (Å²) in [6.07, 6.45) is 5.09. The van der Waals surface area contributed by atoms with Gasteiger partial charge >= 0.3 is 0 Å². The number of carbonyl (C=O) groups excluding carboxylic acids is 2. The fraction of sp³-hybridized carbons (Fsp3) is 0.227. The van der Waals surface area contributed by atoms with Crippen LogP contribution in [0.25, 0.3) is 10.9 Å². The van der Waals surface area contributed by atoms with Crippen molar-refractivity contribution in [1.29, 1.82) is 0 Å². The van der Waals surface area contributed by atoms with Crippen molar-refractivity contribution < 1.29 is 9.59 Å². The van der Waals surface area contributed by atoms with Crippen molar-refractivity contribution >= 4 is 44.3 Å². The Labute approximate surface area is 171 Å². The molecular weight excluding hydrogens is 418 g/mol. The van der Waals surface area contributed by atoms with Crippen molar-refractivity contribution in [2.75, 3.05) is 18.4 Å². The van der Waals surface area contributed by atoms with Crippen LogP contribution in [0.4, 0.5) is 5.69 Å². The minimum atomic E-state index is -0.321. The van der Waals surface area contributed by atoms with E-state index >= 15 is 0 Å². The zero-order valence-corrected chi connectivity index (χ0v) is 16.8. The molecule has 0 bridgehead atoms. The second-order valence-corrected chi connectivity index (χ2v) is 8.44. The van der Waals surface area contributed by atoms with Crippen LogP contribution in [0.5, 0.6) is 0 Å². The topological polar surface area (TPSA) is 65.2 Å². The number of fused-ring (bicyclic) bond motifs is 3. The van der Waals surface area contributed by atoms with Crippen LogP contribution in [-0.2, 0) is 10.2 Å². The Kier molecular flexibility index (Phi) is 4.05. The number of amides is 2. The van der Waals surface area contributed by atoms with Gasteiger partial charge in [0, 0.05) is 52.2 Å². The molecule has 1 radical (unpaired) electrons. The van der Waals surface area contributed by atoms with E-state index in [2.05, 4.69) is 38.7 Å². The molecule has 5 rings (SSSR count). The first kappa shape index (κ1) is 17.5. The first-order valence-electron chi connectivity index (χ1n) is 9.35. The van der Waals surface area contributed by atoms with Crippen LogP contribution in [-0.4, -0.2) is 34.8 Å². The van der Waals surface area contributed by atoms with Gasteiger partial charge in [0.05, 0.1) is 5.56 Å². The van der Waals surface area contributed by atoms with E-state index in [0.717, 1.165) is 33.0 Å². The van der Waals surface area contributed by atoms with E-state index in [9.17, 15) is 9.59 Å². The normalized spacial score (nSPS) is 18.2. The number of para-hydroxylation sites is 1. The van der Waals surface area contributed by atoms with Crippen molar-refractivity contribution in [2.24, 2.45) is 0 Å². The van der Waals surface area contributed by atoms with Crippen molar-refractivity contribution in [3.05, 3.63) is 70.7 Å². The zero-order valence-electron chi connectivity index (χ0n) is 15.2. The predicted octanol–water partition coefficient (Wildman–Crippen LogP) is 4.26. The van der Waals surface area contributed by atoms with Gasteiger partial charge in [-0.1, -0.05) is 34.1 Å². The molecule has 2 aliphatic heterocycles. The van der Waals surface area contributed by atoms with Gasteiger partial charge in [0.15, 0.2) is 0 Å². The maximum absolute atomic E-state index is 13.1. The predicted molar refractivity (Wildman–Crippen MR) is 112 cm³/mol. The number of rotatable bonds is 1. The largest absolute Gasteiger partial charge is 0.360 e. The second kappa shape index (κ2) is 6.48. The first-order valence-corrected chi connectivity index (χ1v) is 10.1. The molecule has 6 heteroatoms. The molecule has 1 saturated heterocycles. The van der Waals surface area contributed by atoms with Gasteiger partial charge in [-0.3, -0.25) is 9.59 Å². The van der Waals surface area contributed by atoms with E-state index in [-0.39, 0.29) is 17.2 Å². The van der Waals surface area contributed by atoms with Crippen LogP contribution in [0.2, 0.25) is 0 Å². The van der Waals surface area contributed by atoms with Gasteiger partial charge < -0.3 is 15.2 Å². The van der Waals surface area contributed by atoms with Crippen LogP contribution in [0.1, 0.15) is 28.8 Å². The Morgan fingerprint density at radius 3 is 2.86 bits per heavy atom. The number of nitrogens with one attached hydrogen (secondary N) is 2. The Hall–Kier alpha value is -2.60. The number of likely N-dealkylation sites (tertiary alicyclic amines) is 1. The monoisotopic (exact) mass is 436 g/mol. The number of H-pyrrole nitrogens is 1. The number of hydrogen-bond donors (Lipinski definition) is 2. The number of carbonyl (C=O) groups is 2. The van der Waals surface area contributed by atoms with Crippen molar-refractivity contribution in [3.63, 3.8) is 0 Å². The minimum Gasteiger partial charge on any atom is -0.360 e. The quantitative estimate of drug-likeness (QED) is 0.598. The highest BCUT2D eigenvalue weighted by molar-refractivity contribution is 9.10. The summed E-state index contributed by atoms with van der Waals surface area (Å²) < 4.78 is 0.993. The Morgan fingerprint density at radius 2 is 2.04 bits per heavy atom. The Morgan fingerprint density at radius 1 is 1.18 bits per heavy atom. The number of benzene rings is 2. The average molecular weight is 437 g/mol. The number of aromatic amines is 1. The lowest BCUT2D eigenvalue weighted by molar-refractivity contribution is -0.117. The van der Waals surface area contributed by atoms with E-state index in [1.54, 1.807) is 6.20 Å². The van der Waals surface area contributed by atoms with Gasteiger partial charge in [-0.25, -0.2) is 0 Å². The third kappa shape index (κ3) is 2.75. The summed E-state index contributed by atoms with van der Waals surface area (Å²) in [6, 6.07) is 13.8. The van der Waals surface area contributed by atoms with Gasteiger partial charge in [0.2, 0.25) is 5.91 Å². The van der Waals surface area contributed by atoms with Gasteiger partial charge in [0.1, 0.15) is 0 Å². The highest BCUT2D eigenvalue weighted by Crippen LogP contribution is 2.45. The lowest BCUT2D eigenvalue weighted by Crippen LogP contribution is -2.49. The van der Waals surface area contributed by atoms with Crippen LogP contribution in [0.3, 0.4) is 0 Å². The highest BCUT2D eigenvalue weighted by atomic mass is 79.9.